The SMILES string of the molecule is CN1SN=C(c2cccs2)C=C1C(=O)N1CCC(C(N)=O)CC1. The smallest absolute Gasteiger partial charge is 0.271 e. The van der Waals surface area contributed by atoms with Gasteiger partial charge in [-0.05, 0) is 30.4 Å². The lowest BCUT2D eigenvalue weighted by Crippen LogP contribution is -2.44. The van der Waals surface area contributed by atoms with Gasteiger partial charge in [0.15, 0.2) is 0 Å². The summed E-state index contributed by atoms with van der Waals surface area (Å²) < 4.78 is 6.20. The molecular weight excluding hydrogens is 332 g/mol. The van der Waals surface area contributed by atoms with Crippen molar-refractivity contribution in [2.24, 2.45) is 16.0 Å². The molecule has 0 saturated carbocycles. The molecule has 8 heteroatoms. The molecular formula is C15H18N4O2S2. The van der Waals surface area contributed by atoms with Crippen molar-refractivity contribution in [1.82, 2.24) is 9.21 Å². The summed E-state index contributed by atoms with van der Waals surface area (Å²) in [4.78, 5) is 26.9. The van der Waals surface area contributed by atoms with Crippen molar-refractivity contribution in [3.8, 4) is 0 Å². The third-order valence-electron chi connectivity index (χ3n) is 4.05. The molecule has 0 bridgehead atoms. The summed E-state index contributed by atoms with van der Waals surface area (Å²) in [6.07, 6.45) is 3.11. The fraction of sp³-hybridized carbons (Fsp3) is 0.400. The van der Waals surface area contributed by atoms with Crippen molar-refractivity contribution in [2.75, 3.05) is 20.1 Å². The van der Waals surface area contributed by atoms with Crippen molar-refractivity contribution < 1.29 is 9.59 Å². The number of nitrogens with zero attached hydrogens (tertiary/aromatic N) is 3. The Morgan fingerprint density at radius 2 is 2.09 bits per heavy atom. The van der Waals surface area contributed by atoms with Crippen LogP contribution in [-0.4, -0.2) is 46.9 Å². The standard InChI is InChI=1S/C15H18N4O2S2/c1-18-12(9-11(17-23-18)13-3-2-8-22-13)15(21)19-6-4-10(5-7-19)14(16)20/h2-3,8-10H,4-7H2,1H3,(H2,16,20). The maximum absolute atomic E-state index is 12.8. The monoisotopic (exact) mass is 350 g/mol. The van der Waals surface area contributed by atoms with E-state index in [9.17, 15) is 9.59 Å². The number of carbonyl (C=O) groups excluding carboxylic acids is 2. The van der Waals surface area contributed by atoms with E-state index in [0.29, 0.717) is 31.6 Å². The number of nitrogens with two attached hydrogens (primary N) is 1. The summed E-state index contributed by atoms with van der Waals surface area (Å²) in [6.45, 7) is 1.13. The van der Waals surface area contributed by atoms with Crippen molar-refractivity contribution in [3.05, 3.63) is 34.2 Å². The molecule has 3 rings (SSSR count). The van der Waals surface area contributed by atoms with Gasteiger partial charge in [0.05, 0.1) is 22.7 Å². The molecule has 2 N–H and O–H groups in total. The summed E-state index contributed by atoms with van der Waals surface area (Å²) in [6, 6.07) is 3.96. The van der Waals surface area contributed by atoms with Gasteiger partial charge in [0.25, 0.3) is 5.91 Å². The fourth-order valence-electron chi connectivity index (χ4n) is 2.66. The number of carbonyl (C=O) groups is 2. The van der Waals surface area contributed by atoms with E-state index in [-0.39, 0.29) is 17.7 Å². The van der Waals surface area contributed by atoms with Crippen molar-refractivity contribution >= 4 is 41.0 Å². The topological polar surface area (TPSA) is 79.0 Å². The predicted molar refractivity (Wildman–Crippen MR) is 92.8 cm³/mol. The first-order valence-electron chi connectivity index (χ1n) is 7.39. The first-order valence-corrected chi connectivity index (χ1v) is 9.00. The third-order valence-corrected chi connectivity index (χ3v) is 5.66. The number of thiophene rings is 1. The van der Waals surface area contributed by atoms with Gasteiger partial charge in [-0.25, -0.2) is 0 Å². The first-order chi connectivity index (χ1) is 11.1. The lowest BCUT2D eigenvalue weighted by atomic mass is 9.96. The Bertz CT molecular complexity index is 661. The molecule has 1 saturated heterocycles. The highest BCUT2D eigenvalue weighted by atomic mass is 32.2. The maximum atomic E-state index is 12.8. The van der Waals surface area contributed by atoms with E-state index in [4.69, 9.17) is 5.73 Å². The first kappa shape index (κ1) is 16.1. The molecule has 3 heterocycles. The summed E-state index contributed by atoms with van der Waals surface area (Å²) in [5, 5.41) is 1.99. The van der Waals surface area contributed by atoms with Crippen molar-refractivity contribution in [1.29, 1.82) is 0 Å². The Morgan fingerprint density at radius 3 is 2.70 bits per heavy atom. The third kappa shape index (κ3) is 3.42. The zero-order valence-electron chi connectivity index (χ0n) is 12.8. The average molecular weight is 350 g/mol. The molecule has 1 fully saturated rings. The summed E-state index contributed by atoms with van der Waals surface area (Å²) >= 11 is 2.87. The predicted octanol–water partition coefficient (Wildman–Crippen LogP) is 1.65. The van der Waals surface area contributed by atoms with Gasteiger partial charge >= 0.3 is 0 Å². The minimum Gasteiger partial charge on any atom is -0.369 e. The van der Waals surface area contributed by atoms with Gasteiger partial charge in [0.2, 0.25) is 5.91 Å². The molecule has 0 unspecified atom stereocenters. The molecule has 2 amide bonds. The van der Waals surface area contributed by atoms with Crippen LogP contribution in [0.5, 0.6) is 0 Å². The minimum absolute atomic E-state index is 0.0214. The molecule has 1 aromatic rings. The molecule has 0 radical (unpaired) electrons. The van der Waals surface area contributed by atoms with Gasteiger partial charge in [-0.3, -0.25) is 13.9 Å². The maximum Gasteiger partial charge on any atom is 0.271 e. The van der Waals surface area contributed by atoms with Gasteiger partial charge in [-0.15, -0.1) is 11.3 Å². The molecule has 6 nitrogen and oxygen atoms in total. The van der Waals surface area contributed by atoms with Crippen LogP contribution in [0.1, 0.15) is 17.7 Å². The molecule has 0 aliphatic carbocycles. The zero-order chi connectivity index (χ0) is 16.4. The van der Waals surface area contributed by atoms with Crippen LogP contribution >= 0.6 is 23.5 Å². The zero-order valence-corrected chi connectivity index (χ0v) is 14.4. The summed E-state index contributed by atoms with van der Waals surface area (Å²) in [7, 11) is 1.83. The van der Waals surface area contributed by atoms with E-state index in [1.54, 1.807) is 20.5 Å². The number of likely N-dealkylation sites (N-methyl/N-ethyl adjacent to an activating group) is 1. The second-order valence-electron chi connectivity index (χ2n) is 5.53. The second kappa shape index (κ2) is 6.76. The molecule has 122 valence electrons. The Hall–Kier alpha value is -1.80. The number of allylic oxidation sites excluding steroid dienone is 1. The van der Waals surface area contributed by atoms with Gasteiger partial charge in [-0.1, -0.05) is 6.07 Å². The highest BCUT2D eigenvalue weighted by Crippen LogP contribution is 2.28. The van der Waals surface area contributed by atoms with Crippen molar-refractivity contribution in [3.63, 3.8) is 0 Å². The van der Waals surface area contributed by atoms with Crippen LogP contribution in [0.15, 0.2) is 33.7 Å². The largest absolute Gasteiger partial charge is 0.369 e. The molecule has 2 aliphatic rings. The van der Waals surface area contributed by atoms with E-state index >= 15 is 0 Å². The van der Waals surface area contributed by atoms with E-state index < -0.39 is 0 Å². The molecule has 2 aliphatic heterocycles. The summed E-state index contributed by atoms with van der Waals surface area (Å²) in [5.74, 6) is -0.407. The number of primary amides is 1. The fourth-order valence-corrected chi connectivity index (χ4v) is 3.99. The molecule has 23 heavy (non-hydrogen) atoms. The van der Waals surface area contributed by atoms with Crippen LogP contribution in [0, 0.1) is 5.92 Å². The Morgan fingerprint density at radius 1 is 1.35 bits per heavy atom. The Labute approximate surface area is 143 Å². The minimum atomic E-state index is -0.270. The number of hydrogen-bond acceptors (Lipinski definition) is 6. The van der Waals surface area contributed by atoms with Crippen LogP contribution in [0.2, 0.25) is 0 Å². The van der Waals surface area contributed by atoms with Crippen LogP contribution in [0.4, 0.5) is 0 Å². The van der Waals surface area contributed by atoms with E-state index in [0.717, 1.165) is 10.6 Å². The molecule has 0 atom stereocenters. The average Bonchev–Trinajstić information content (AvgIpc) is 3.09. The highest BCUT2D eigenvalue weighted by molar-refractivity contribution is 7.96. The molecule has 0 spiro atoms. The Kier molecular flexibility index (Phi) is 4.72. The van der Waals surface area contributed by atoms with Crippen LogP contribution in [-0.2, 0) is 9.59 Å². The van der Waals surface area contributed by atoms with E-state index in [1.165, 1.54) is 12.1 Å². The lowest BCUT2D eigenvalue weighted by molar-refractivity contribution is -0.132. The number of piperidine rings is 1. The highest BCUT2D eigenvalue weighted by Gasteiger charge is 2.30. The molecule has 0 aromatic carbocycles. The van der Waals surface area contributed by atoms with E-state index in [1.807, 2.05) is 30.6 Å². The van der Waals surface area contributed by atoms with Gasteiger partial charge in [0.1, 0.15) is 5.70 Å². The normalized spacial score (nSPS) is 19.3. The lowest BCUT2D eigenvalue weighted by Gasteiger charge is -2.33. The second-order valence-corrected chi connectivity index (χ2v) is 7.37. The number of likely N-dealkylation sites (tertiary alicyclic amines) is 1. The number of rotatable bonds is 3. The number of amides is 2. The Balaban J connectivity index is 1.73. The van der Waals surface area contributed by atoms with Crippen LogP contribution in [0.3, 0.4) is 0 Å². The number of hydrogen-bond donors (Lipinski definition) is 1. The molecule has 1 aromatic heterocycles. The summed E-state index contributed by atoms with van der Waals surface area (Å²) in [5.41, 5.74) is 6.78. The van der Waals surface area contributed by atoms with Gasteiger partial charge in [-0.2, -0.15) is 4.40 Å². The van der Waals surface area contributed by atoms with Crippen LogP contribution < -0.4 is 5.73 Å². The van der Waals surface area contributed by atoms with Crippen molar-refractivity contribution in [2.45, 2.75) is 12.8 Å². The van der Waals surface area contributed by atoms with E-state index in [2.05, 4.69) is 4.40 Å². The van der Waals surface area contributed by atoms with Gasteiger partial charge < -0.3 is 10.6 Å². The van der Waals surface area contributed by atoms with Gasteiger partial charge in [0, 0.05) is 26.1 Å². The quantitative estimate of drug-likeness (QED) is 0.841. The van der Waals surface area contributed by atoms with Crippen LogP contribution in [0.25, 0.3) is 0 Å².